The topological polar surface area (TPSA) is 85.5 Å². The molecule has 0 atom stereocenters. The van der Waals surface area contributed by atoms with Crippen molar-refractivity contribution in [2.75, 3.05) is 26.3 Å². The maximum absolute atomic E-state index is 12.5. The lowest BCUT2D eigenvalue weighted by Gasteiger charge is -2.25. The summed E-state index contributed by atoms with van der Waals surface area (Å²) in [5.74, 6) is 0.783. The van der Waals surface area contributed by atoms with Gasteiger partial charge in [0.15, 0.2) is 0 Å². The standard InChI is InChI=1S/C11H13N3O4S2/c1-8-12-13-11(18-8)9-6-10(19-7-9)20(15,16)14-2-4-17-5-3-14/h6-7H,2-5H2,1H3. The molecular weight excluding hydrogens is 302 g/mol. The van der Waals surface area contributed by atoms with E-state index in [4.69, 9.17) is 9.15 Å². The van der Waals surface area contributed by atoms with E-state index in [0.29, 0.717) is 43.6 Å². The maximum Gasteiger partial charge on any atom is 0.252 e. The highest BCUT2D eigenvalue weighted by Crippen LogP contribution is 2.29. The highest BCUT2D eigenvalue weighted by Gasteiger charge is 2.28. The summed E-state index contributed by atoms with van der Waals surface area (Å²) in [7, 11) is -3.46. The molecule has 108 valence electrons. The molecule has 0 bridgehead atoms. The molecule has 1 aliphatic rings. The van der Waals surface area contributed by atoms with Crippen molar-refractivity contribution in [3.8, 4) is 11.5 Å². The quantitative estimate of drug-likeness (QED) is 0.844. The van der Waals surface area contributed by atoms with Crippen molar-refractivity contribution in [3.05, 3.63) is 17.3 Å². The number of sulfonamides is 1. The van der Waals surface area contributed by atoms with Crippen molar-refractivity contribution in [2.24, 2.45) is 0 Å². The van der Waals surface area contributed by atoms with Crippen molar-refractivity contribution in [1.29, 1.82) is 0 Å². The first-order valence-corrected chi connectivity index (χ1v) is 8.36. The van der Waals surface area contributed by atoms with Crippen LogP contribution in [-0.2, 0) is 14.8 Å². The normalized spacial score (nSPS) is 17.4. The lowest BCUT2D eigenvalue weighted by molar-refractivity contribution is 0.0731. The predicted molar refractivity (Wildman–Crippen MR) is 71.9 cm³/mol. The molecule has 0 spiro atoms. The zero-order chi connectivity index (χ0) is 14.2. The average Bonchev–Trinajstić information content (AvgIpc) is 3.08. The number of hydrogen-bond donors (Lipinski definition) is 0. The summed E-state index contributed by atoms with van der Waals surface area (Å²) >= 11 is 1.16. The van der Waals surface area contributed by atoms with Crippen LogP contribution < -0.4 is 0 Å². The third-order valence-electron chi connectivity index (χ3n) is 2.91. The second kappa shape index (κ2) is 5.24. The van der Waals surface area contributed by atoms with Crippen LogP contribution in [0.25, 0.3) is 11.5 Å². The van der Waals surface area contributed by atoms with Gasteiger partial charge in [0, 0.05) is 25.4 Å². The number of nitrogens with zero attached hydrogens (tertiary/aromatic N) is 3. The number of ether oxygens (including phenoxy) is 1. The van der Waals surface area contributed by atoms with Crippen molar-refractivity contribution >= 4 is 21.4 Å². The van der Waals surface area contributed by atoms with Crippen LogP contribution in [0.3, 0.4) is 0 Å². The number of thiophene rings is 1. The Hall–Kier alpha value is -1.29. The first-order valence-electron chi connectivity index (χ1n) is 6.04. The van der Waals surface area contributed by atoms with Gasteiger partial charge in [-0.3, -0.25) is 0 Å². The Morgan fingerprint density at radius 3 is 2.70 bits per heavy atom. The Morgan fingerprint density at radius 2 is 2.05 bits per heavy atom. The minimum Gasteiger partial charge on any atom is -0.421 e. The lowest BCUT2D eigenvalue weighted by Crippen LogP contribution is -2.40. The van der Waals surface area contributed by atoms with Crippen molar-refractivity contribution in [1.82, 2.24) is 14.5 Å². The van der Waals surface area contributed by atoms with E-state index in [1.165, 1.54) is 4.31 Å². The Morgan fingerprint density at radius 1 is 1.30 bits per heavy atom. The summed E-state index contributed by atoms with van der Waals surface area (Å²) in [6, 6.07) is 1.57. The minimum absolute atomic E-state index is 0.283. The van der Waals surface area contributed by atoms with Crippen molar-refractivity contribution < 1.29 is 17.6 Å². The SMILES string of the molecule is Cc1nnc(-c2csc(S(=O)(=O)N3CCOCC3)c2)o1. The molecule has 0 N–H and O–H groups in total. The number of morpholine rings is 1. The van der Waals surface area contributed by atoms with Crippen molar-refractivity contribution in [2.45, 2.75) is 11.1 Å². The van der Waals surface area contributed by atoms with Gasteiger partial charge in [0.1, 0.15) is 4.21 Å². The Balaban J connectivity index is 1.89. The molecule has 0 saturated carbocycles. The van der Waals surface area contributed by atoms with Crippen LogP contribution in [-0.4, -0.2) is 49.2 Å². The number of hydrogen-bond acceptors (Lipinski definition) is 7. The number of aromatic nitrogens is 2. The lowest BCUT2D eigenvalue weighted by atomic mass is 10.3. The van der Waals surface area contributed by atoms with Gasteiger partial charge in [0.2, 0.25) is 11.8 Å². The van der Waals surface area contributed by atoms with Crippen LogP contribution in [0.15, 0.2) is 20.1 Å². The van der Waals surface area contributed by atoms with Crippen LogP contribution in [0, 0.1) is 6.92 Å². The molecule has 0 radical (unpaired) electrons. The van der Waals surface area contributed by atoms with E-state index in [9.17, 15) is 8.42 Å². The molecule has 0 aromatic carbocycles. The summed E-state index contributed by atoms with van der Waals surface area (Å²) in [6.07, 6.45) is 0. The molecule has 0 aliphatic carbocycles. The zero-order valence-electron chi connectivity index (χ0n) is 10.8. The Labute approximate surface area is 120 Å². The predicted octanol–water partition coefficient (Wildman–Crippen LogP) is 1.13. The van der Waals surface area contributed by atoms with E-state index < -0.39 is 10.0 Å². The molecule has 0 unspecified atom stereocenters. The minimum atomic E-state index is -3.46. The molecule has 2 aromatic rings. The fourth-order valence-electron chi connectivity index (χ4n) is 1.89. The van der Waals surface area contributed by atoms with E-state index >= 15 is 0 Å². The molecule has 7 nitrogen and oxygen atoms in total. The Kier molecular flexibility index (Phi) is 3.59. The van der Waals surface area contributed by atoms with E-state index in [-0.39, 0.29) is 4.21 Å². The fraction of sp³-hybridized carbons (Fsp3) is 0.455. The molecular formula is C11H13N3O4S2. The van der Waals surface area contributed by atoms with E-state index in [1.807, 2.05) is 0 Å². The largest absolute Gasteiger partial charge is 0.421 e. The highest BCUT2D eigenvalue weighted by molar-refractivity contribution is 7.91. The third kappa shape index (κ3) is 2.49. The first-order chi connectivity index (χ1) is 9.57. The zero-order valence-corrected chi connectivity index (χ0v) is 12.4. The fourth-order valence-corrected chi connectivity index (χ4v) is 4.61. The molecule has 1 aliphatic heterocycles. The first kappa shape index (κ1) is 13.7. The molecule has 2 aromatic heterocycles. The molecule has 1 saturated heterocycles. The van der Waals surface area contributed by atoms with E-state index in [1.54, 1.807) is 18.4 Å². The van der Waals surface area contributed by atoms with Gasteiger partial charge >= 0.3 is 0 Å². The van der Waals surface area contributed by atoms with E-state index in [0.717, 1.165) is 11.3 Å². The summed E-state index contributed by atoms with van der Waals surface area (Å²) in [6.45, 7) is 3.32. The number of aryl methyl sites for hydroxylation is 1. The summed E-state index contributed by atoms with van der Waals surface area (Å²) in [5.41, 5.74) is 0.627. The van der Waals surface area contributed by atoms with Crippen LogP contribution in [0.4, 0.5) is 0 Å². The van der Waals surface area contributed by atoms with Gasteiger partial charge in [0.05, 0.1) is 18.8 Å². The van der Waals surface area contributed by atoms with Crippen molar-refractivity contribution in [3.63, 3.8) is 0 Å². The van der Waals surface area contributed by atoms with Crippen LogP contribution >= 0.6 is 11.3 Å². The monoisotopic (exact) mass is 315 g/mol. The van der Waals surface area contributed by atoms with Gasteiger partial charge in [-0.25, -0.2) is 8.42 Å². The summed E-state index contributed by atoms with van der Waals surface area (Å²) in [5, 5.41) is 9.33. The molecule has 20 heavy (non-hydrogen) atoms. The van der Waals surface area contributed by atoms with Crippen LogP contribution in [0.5, 0.6) is 0 Å². The second-order valence-electron chi connectivity index (χ2n) is 4.30. The average molecular weight is 315 g/mol. The molecule has 9 heteroatoms. The summed E-state index contributed by atoms with van der Waals surface area (Å²) in [4.78, 5) is 0. The van der Waals surface area contributed by atoms with Crippen LogP contribution in [0.1, 0.15) is 5.89 Å². The van der Waals surface area contributed by atoms with E-state index in [2.05, 4.69) is 10.2 Å². The molecule has 0 amide bonds. The van der Waals surface area contributed by atoms with Gasteiger partial charge in [-0.2, -0.15) is 4.31 Å². The highest BCUT2D eigenvalue weighted by atomic mass is 32.2. The Bertz CT molecular complexity index is 701. The molecule has 3 heterocycles. The molecule has 3 rings (SSSR count). The van der Waals surface area contributed by atoms with Gasteiger partial charge in [-0.05, 0) is 6.07 Å². The molecule has 1 fully saturated rings. The van der Waals surface area contributed by atoms with Gasteiger partial charge < -0.3 is 9.15 Å². The van der Waals surface area contributed by atoms with Gasteiger partial charge in [0.25, 0.3) is 10.0 Å². The van der Waals surface area contributed by atoms with Gasteiger partial charge in [-0.15, -0.1) is 21.5 Å². The maximum atomic E-state index is 12.5. The van der Waals surface area contributed by atoms with Crippen LogP contribution in [0.2, 0.25) is 0 Å². The second-order valence-corrected chi connectivity index (χ2v) is 7.37. The third-order valence-corrected chi connectivity index (χ3v) is 6.23. The smallest absolute Gasteiger partial charge is 0.252 e. The number of rotatable bonds is 3. The summed E-state index contributed by atoms with van der Waals surface area (Å²) < 4.78 is 37.1. The van der Waals surface area contributed by atoms with Gasteiger partial charge in [-0.1, -0.05) is 0 Å².